The van der Waals surface area contributed by atoms with Gasteiger partial charge >= 0.3 is 0 Å². The maximum absolute atomic E-state index is 13.2. The van der Waals surface area contributed by atoms with Crippen molar-refractivity contribution in [1.29, 1.82) is 0 Å². The van der Waals surface area contributed by atoms with Gasteiger partial charge in [0.2, 0.25) is 0 Å². The van der Waals surface area contributed by atoms with Crippen molar-refractivity contribution in [2.75, 3.05) is 5.32 Å². The zero-order valence-corrected chi connectivity index (χ0v) is 16.8. The number of carbonyl (C=O) groups is 1. The van der Waals surface area contributed by atoms with Gasteiger partial charge in [-0.1, -0.05) is 72.3 Å². The number of aromatic nitrogens is 3. The van der Waals surface area contributed by atoms with Crippen LogP contribution in [-0.2, 0) is 7.05 Å². The molecule has 148 valence electrons. The third-order valence-corrected chi connectivity index (χ3v) is 4.78. The Morgan fingerprint density at radius 3 is 2.23 bits per heavy atom. The molecule has 0 unspecified atom stereocenters. The molecule has 1 amide bonds. The van der Waals surface area contributed by atoms with Crippen LogP contribution in [0.15, 0.2) is 83.8 Å². The van der Waals surface area contributed by atoms with Crippen LogP contribution in [-0.4, -0.2) is 20.7 Å². The van der Waals surface area contributed by atoms with E-state index >= 15 is 0 Å². The van der Waals surface area contributed by atoms with Crippen molar-refractivity contribution in [3.8, 4) is 22.4 Å². The van der Waals surface area contributed by atoms with E-state index in [1.54, 1.807) is 6.07 Å². The summed E-state index contributed by atoms with van der Waals surface area (Å²) in [5.74, 6) is -0.324. The lowest BCUT2D eigenvalue weighted by molar-refractivity contribution is 0.102. The molecule has 0 bridgehead atoms. The van der Waals surface area contributed by atoms with Gasteiger partial charge in [-0.3, -0.25) is 9.59 Å². The Hall–Kier alpha value is -3.77. The van der Waals surface area contributed by atoms with E-state index in [2.05, 4.69) is 15.4 Å². The van der Waals surface area contributed by atoms with Gasteiger partial charge in [0.1, 0.15) is 11.4 Å². The van der Waals surface area contributed by atoms with Crippen LogP contribution < -0.4 is 10.9 Å². The fourth-order valence-electron chi connectivity index (χ4n) is 3.18. The number of aryl methyl sites for hydroxylation is 1. The molecule has 0 saturated carbocycles. The smallest absolute Gasteiger partial charge is 0.280 e. The lowest BCUT2D eigenvalue weighted by Crippen LogP contribution is -2.31. The number of halogens is 1. The summed E-state index contributed by atoms with van der Waals surface area (Å²) in [7, 11) is 1.53. The van der Waals surface area contributed by atoms with Crippen molar-refractivity contribution >= 4 is 23.3 Å². The van der Waals surface area contributed by atoms with E-state index in [1.807, 2.05) is 60.7 Å². The molecular weight excluding hydrogens is 400 g/mol. The molecule has 4 aromatic rings. The molecule has 0 atom stereocenters. The molecule has 0 radical (unpaired) electrons. The molecule has 0 aliphatic heterocycles. The number of amides is 1. The highest BCUT2D eigenvalue weighted by molar-refractivity contribution is 6.30. The number of nitrogens with zero attached hydrogens (tertiary/aromatic N) is 3. The fourth-order valence-corrected chi connectivity index (χ4v) is 3.34. The van der Waals surface area contributed by atoms with Gasteiger partial charge in [-0.2, -0.15) is 5.10 Å². The molecule has 0 saturated heterocycles. The maximum atomic E-state index is 13.2. The largest absolute Gasteiger partial charge is 0.306 e. The van der Waals surface area contributed by atoms with Gasteiger partial charge in [0.25, 0.3) is 11.5 Å². The van der Waals surface area contributed by atoms with Crippen LogP contribution in [0.2, 0.25) is 5.02 Å². The first-order valence-corrected chi connectivity index (χ1v) is 9.57. The van der Waals surface area contributed by atoms with Crippen LogP contribution in [0.25, 0.3) is 22.4 Å². The first kappa shape index (κ1) is 19.5. The van der Waals surface area contributed by atoms with E-state index in [9.17, 15) is 9.59 Å². The molecule has 2 aromatic heterocycles. The van der Waals surface area contributed by atoms with Crippen LogP contribution in [0.5, 0.6) is 0 Å². The van der Waals surface area contributed by atoms with Crippen molar-refractivity contribution in [3.63, 3.8) is 0 Å². The zero-order chi connectivity index (χ0) is 21.1. The second-order valence-corrected chi connectivity index (χ2v) is 7.01. The molecule has 6 nitrogen and oxygen atoms in total. The second kappa shape index (κ2) is 8.31. The van der Waals surface area contributed by atoms with E-state index in [4.69, 9.17) is 11.6 Å². The molecule has 0 spiro atoms. The van der Waals surface area contributed by atoms with E-state index < -0.39 is 11.5 Å². The predicted molar refractivity (Wildman–Crippen MR) is 118 cm³/mol. The lowest BCUT2D eigenvalue weighted by Gasteiger charge is -2.15. The Bertz CT molecular complexity index is 1270. The predicted octanol–water partition coefficient (Wildman–Crippen LogP) is 4.42. The van der Waals surface area contributed by atoms with Gasteiger partial charge in [0, 0.05) is 29.4 Å². The van der Waals surface area contributed by atoms with E-state index in [1.165, 1.54) is 24.0 Å². The van der Waals surface area contributed by atoms with Crippen LogP contribution in [0.1, 0.15) is 10.4 Å². The van der Waals surface area contributed by atoms with Gasteiger partial charge in [-0.25, -0.2) is 9.67 Å². The van der Waals surface area contributed by atoms with Crippen LogP contribution >= 0.6 is 11.6 Å². The molecule has 30 heavy (non-hydrogen) atoms. The van der Waals surface area contributed by atoms with Gasteiger partial charge in [-0.15, -0.1) is 0 Å². The SMILES string of the molecule is Cn1nc(-c2ccccc2)c(-c2ccccc2)c(C(=O)Nc2cc(Cl)ccn2)c1=O. The molecule has 0 fully saturated rings. The first-order chi connectivity index (χ1) is 14.5. The average molecular weight is 417 g/mol. The van der Waals surface area contributed by atoms with Crippen molar-refractivity contribution < 1.29 is 4.79 Å². The quantitative estimate of drug-likeness (QED) is 0.534. The fraction of sp³-hybridized carbons (Fsp3) is 0.0435. The number of carbonyl (C=O) groups excluding carboxylic acids is 1. The number of hydrogen-bond donors (Lipinski definition) is 1. The number of hydrogen-bond acceptors (Lipinski definition) is 4. The average Bonchev–Trinajstić information content (AvgIpc) is 2.76. The minimum atomic E-state index is -0.580. The summed E-state index contributed by atoms with van der Waals surface area (Å²) in [6, 6.07) is 21.8. The van der Waals surface area contributed by atoms with Crippen LogP contribution in [0.4, 0.5) is 5.82 Å². The molecule has 2 heterocycles. The number of pyridine rings is 1. The molecular formula is C23H17ClN4O2. The Morgan fingerprint density at radius 1 is 0.967 bits per heavy atom. The molecule has 1 N–H and O–H groups in total. The number of anilines is 1. The highest BCUT2D eigenvalue weighted by Gasteiger charge is 2.24. The van der Waals surface area contributed by atoms with Gasteiger partial charge in [0.15, 0.2) is 0 Å². The summed E-state index contributed by atoms with van der Waals surface area (Å²) in [6.07, 6.45) is 1.48. The Labute approximate surface area is 177 Å². The number of benzene rings is 2. The molecule has 4 rings (SSSR count). The Balaban J connectivity index is 1.96. The van der Waals surface area contributed by atoms with Gasteiger partial charge in [0.05, 0.1) is 5.69 Å². The number of rotatable bonds is 4. The van der Waals surface area contributed by atoms with Gasteiger partial charge in [-0.05, 0) is 17.7 Å². The molecule has 2 aromatic carbocycles. The normalized spacial score (nSPS) is 10.6. The van der Waals surface area contributed by atoms with Crippen molar-refractivity contribution in [2.45, 2.75) is 0 Å². The topological polar surface area (TPSA) is 76.9 Å². The first-order valence-electron chi connectivity index (χ1n) is 9.19. The minimum absolute atomic E-state index is 0.0145. The summed E-state index contributed by atoms with van der Waals surface area (Å²) < 4.78 is 1.18. The third kappa shape index (κ3) is 3.86. The third-order valence-electron chi connectivity index (χ3n) is 4.54. The highest BCUT2D eigenvalue weighted by atomic mass is 35.5. The standard InChI is InChI=1S/C23H17ClN4O2/c1-28-23(30)20(22(29)26-18-14-17(24)12-13-25-18)19(15-8-4-2-5-9-15)21(27-28)16-10-6-3-7-11-16/h2-14H,1H3,(H,25,26,29). The second-order valence-electron chi connectivity index (χ2n) is 6.57. The lowest BCUT2D eigenvalue weighted by atomic mass is 9.95. The summed E-state index contributed by atoms with van der Waals surface area (Å²) in [5.41, 5.74) is 1.98. The van der Waals surface area contributed by atoms with Crippen molar-refractivity contribution in [2.24, 2.45) is 7.05 Å². The van der Waals surface area contributed by atoms with E-state index in [0.717, 1.165) is 5.56 Å². The maximum Gasteiger partial charge on any atom is 0.280 e. The summed E-state index contributed by atoms with van der Waals surface area (Å²) in [5, 5.41) is 7.58. The summed E-state index contributed by atoms with van der Waals surface area (Å²) >= 11 is 6.00. The summed E-state index contributed by atoms with van der Waals surface area (Å²) in [4.78, 5) is 30.4. The van der Waals surface area contributed by atoms with Crippen molar-refractivity contribution in [1.82, 2.24) is 14.8 Å². The molecule has 0 aliphatic carbocycles. The molecule has 0 aliphatic rings. The van der Waals surface area contributed by atoms with Crippen molar-refractivity contribution in [3.05, 3.63) is 99.9 Å². The number of nitrogens with one attached hydrogen (secondary N) is 1. The Morgan fingerprint density at radius 2 is 1.60 bits per heavy atom. The Kier molecular flexibility index (Phi) is 5.41. The zero-order valence-electron chi connectivity index (χ0n) is 16.0. The monoisotopic (exact) mass is 416 g/mol. The highest BCUT2D eigenvalue weighted by Crippen LogP contribution is 2.32. The summed E-state index contributed by atoms with van der Waals surface area (Å²) in [6.45, 7) is 0. The van der Waals surface area contributed by atoms with Crippen LogP contribution in [0, 0.1) is 0 Å². The molecule has 7 heteroatoms. The van der Waals surface area contributed by atoms with E-state index in [-0.39, 0.29) is 11.4 Å². The van der Waals surface area contributed by atoms with Gasteiger partial charge < -0.3 is 5.32 Å². The minimum Gasteiger partial charge on any atom is -0.306 e. The van der Waals surface area contributed by atoms with E-state index in [0.29, 0.717) is 21.8 Å². The van der Waals surface area contributed by atoms with Crippen LogP contribution in [0.3, 0.4) is 0 Å².